The van der Waals surface area contributed by atoms with E-state index in [1.807, 2.05) is 18.2 Å². The smallest absolute Gasteiger partial charge is 0.258 e. The van der Waals surface area contributed by atoms with Gasteiger partial charge in [0, 0.05) is 25.6 Å². The van der Waals surface area contributed by atoms with E-state index in [-0.39, 0.29) is 36.4 Å². The Morgan fingerprint density at radius 3 is 2.52 bits per heavy atom. The second kappa shape index (κ2) is 8.00. The molecule has 25 heavy (non-hydrogen) atoms. The molecule has 0 saturated carbocycles. The third kappa shape index (κ3) is 4.71. The van der Waals surface area contributed by atoms with Gasteiger partial charge in [-0.25, -0.2) is 0 Å². The number of piperidine rings is 1. The van der Waals surface area contributed by atoms with Gasteiger partial charge in [-0.15, -0.1) is 0 Å². The molecule has 2 N–H and O–H groups in total. The summed E-state index contributed by atoms with van der Waals surface area (Å²) in [6.45, 7) is 1.17. The van der Waals surface area contributed by atoms with Gasteiger partial charge in [0.2, 0.25) is 11.8 Å². The second-order valence-corrected chi connectivity index (χ2v) is 6.43. The van der Waals surface area contributed by atoms with E-state index in [1.165, 1.54) is 0 Å². The molecule has 134 valence electrons. The van der Waals surface area contributed by atoms with E-state index >= 15 is 0 Å². The van der Waals surface area contributed by atoms with Gasteiger partial charge in [-0.3, -0.25) is 14.4 Å². The molecule has 2 heterocycles. The lowest BCUT2D eigenvalue weighted by Gasteiger charge is -2.33. The SMILES string of the molecule is O=C(COc1ccccc1)NC1CCN(C(=O)C2CCC(=O)N2)CC1. The standard InChI is InChI=1S/C18H23N3O4/c22-16-7-6-15(20-16)18(24)21-10-8-13(9-11-21)19-17(23)12-25-14-4-2-1-3-5-14/h1-5,13,15H,6-12H2,(H,19,23)(H,20,22). The van der Waals surface area contributed by atoms with Crippen molar-refractivity contribution in [2.45, 2.75) is 37.8 Å². The molecule has 1 aromatic rings. The fraction of sp³-hybridized carbons (Fsp3) is 0.500. The average Bonchev–Trinajstić information content (AvgIpc) is 3.07. The number of amides is 3. The number of nitrogens with zero attached hydrogens (tertiary/aromatic N) is 1. The van der Waals surface area contributed by atoms with Crippen LogP contribution in [-0.2, 0) is 14.4 Å². The molecule has 2 aliphatic heterocycles. The normalized spacial score (nSPS) is 20.9. The number of carbonyl (C=O) groups excluding carboxylic acids is 3. The monoisotopic (exact) mass is 345 g/mol. The highest BCUT2D eigenvalue weighted by atomic mass is 16.5. The Morgan fingerprint density at radius 2 is 1.88 bits per heavy atom. The van der Waals surface area contributed by atoms with E-state index in [0.29, 0.717) is 44.5 Å². The number of carbonyl (C=O) groups is 3. The number of hydrogen-bond acceptors (Lipinski definition) is 4. The highest BCUT2D eigenvalue weighted by Gasteiger charge is 2.32. The third-order valence-corrected chi connectivity index (χ3v) is 4.58. The summed E-state index contributed by atoms with van der Waals surface area (Å²) in [5.41, 5.74) is 0. The Kier molecular flexibility index (Phi) is 5.53. The van der Waals surface area contributed by atoms with Crippen LogP contribution in [0.4, 0.5) is 0 Å². The van der Waals surface area contributed by atoms with Crippen molar-refractivity contribution < 1.29 is 19.1 Å². The van der Waals surface area contributed by atoms with Crippen LogP contribution in [0.25, 0.3) is 0 Å². The van der Waals surface area contributed by atoms with Crippen molar-refractivity contribution in [1.82, 2.24) is 15.5 Å². The number of benzene rings is 1. The molecule has 1 aromatic carbocycles. The summed E-state index contributed by atoms with van der Waals surface area (Å²) >= 11 is 0. The van der Waals surface area contributed by atoms with Crippen LogP contribution in [0.5, 0.6) is 5.75 Å². The van der Waals surface area contributed by atoms with E-state index < -0.39 is 0 Å². The molecule has 0 spiro atoms. The van der Waals surface area contributed by atoms with E-state index in [0.717, 1.165) is 0 Å². The van der Waals surface area contributed by atoms with Crippen molar-refractivity contribution in [3.63, 3.8) is 0 Å². The molecule has 2 fully saturated rings. The average molecular weight is 345 g/mol. The molecule has 7 heteroatoms. The molecule has 0 aromatic heterocycles. The summed E-state index contributed by atoms with van der Waals surface area (Å²) in [6.07, 6.45) is 2.42. The zero-order chi connectivity index (χ0) is 17.6. The quantitative estimate of drug-likeness (QED) is 0.811. The number of nitrogens with one attached hydrogen (secondary N) is 2. The van der Waals surface area contributed by atoms with Crippen molar-refractivity contribution in [3.05, 3.63) is 30.3 Å². The lowest BCUT2D eigenvalue weighted by molar-refractivity contribution is -0.135. The maximum Gasteiger partial charge on any atom is 0.258 e. The molecule has 1 unspecified atom stereocenters. The molecule has 2 saturated heterocycles. The molecular weight excluding hydrogens is 322 g/mol. The molecule has 3 rings (SSSR count). The number of rotatable bonds is 5. The molecule has 1 atom stereocenters. The Balaban J connectivity index is 1.38. The highest BCUT2D eigenvalue weighted by molar-refractivity contribution is 5.90. The van der Waals surface area contributed by atoms with Crippen LogP contribution in [-0.4, -0.2) is 54.4 Å². The van der Waals surface area contributed by atoms with Crippen molar-refractivity contribution in [2.24, 2.45) is 0 Å². The maximum absolute atomic E-state index is 12.3. The summed E-state index contributed by atoms with van der Waals surface area (Å²) in [7, 11) is 0. The number of ether oxygens (including phenoxy) is 1. The summed E-state index contributed by atoms with van der Waals surface area (Å²) in [5, 5.41) is 5.66. The largest absolute Gasteiger partial charge is 0.484 e. The van der Waals surface area contributed by atoms with Gasteiger partial charge in [-0.2, -0.15) is 0 Å². The van der Waals surface area contributed by atoms with Gasteiger partial charge in [0.05, 0.1) is 0 Å². The minimum atomic E-state index is -0.377. The van der Waals surface area contributed by atoms with E-state index in [4.69, 9.17) is 4.74 Å². The molecule has 0 bridgehead atoms. The van der Waals surface area contributed by atoms with Gasteiger partial charge < -0.3 is 20.3 Å². The predicted octanol–water partition coefficient (Wildman–Crippen LogP) is 0.451. The predicted molar refractivity (Wildman–Crippen MR) is 90.8 cm³/mol. The van der Waals surface area contributed by atoms with Crippen LogP contribution < -0.4 is 15.4 Å². The van der Waals surface area contributed by atoms with Crippen LogP contribution in [0.2, 0.25) is 0 Å². The molecule has 2 aliphatic rings. The van der Waals surface area contributed by atoms with E-state index in [2.05, 4.69) is 10.6 Å². The molecule has 0 radical (unpaired) electrons. The zero-order valence-electron chi connectivity index (χ0n) is 14.1. The fourth-order valence-corrected chi connectivity index (χ4v) is 3.20. The zero-order valence-corrected chi connectivity index (χ0v) is 14.1. The summed E-state index contributed by atoms with van der Waals surface area (Å²) < 4.78 is 5.43. The van der Waals surface area contributed by atoms with Crippen LogP contribution in [0.3, 0.4) is 0 Å². The topological polar surface area (TPSA) is 87.7 Å². The summed E-state index contributed by atoms with van der Waals surface area (Å²) in [5.74, 6) is 0.440. The first-order chi connectivity index (χ1) is 12.1. The highest BCUT2D eigenvalue weighted by Crippen LogP contribution is 2.15. The van der Waals surface area contributed by atoms with Gasteiger partial charge in [0.1, 0.15) is 11.8 Å². The Morgan fingerprint density at radius 1 is 1.16 bits per heavy atom. The number of para-hydroxylation sites is 1. The van der Waals surface area contributed by atoms with Gasteiger partial charge in [-0.05, 0) is 31.4 Å². The molecule has 3 amide bonds. The van der Waals surface area contributed by atoms with Crippen LogP contribution in [0.15, 0.2) is 30.3 Å². The second-order valence-electron chi connectivity index (χ2n) is 6.43. The van der Waals surface area contributed by atoms with Crippen molar-refractivity contribution >= 4 is 17.7 Å². The Hall–Kier alpha value is -2.57. The van der Waals surface area contributed by atoms with Gasteiger partial charge in [-0.1, -0.05) is 18.2 Å². The Bertz CT molecular complexity index is 626. The first-order valence-electron chi connectivity index (χ1n) is 8.67. The molecule has 7 nitrogen and oxygen atoms in total. The Labute approximate surface area is 146 Å². The number of likely N-dealkylation sites (tertiary alicyclic amines) is 1. The van der Waals surface area contributed by atoms with Gasteiger partial charge in [0.15, 0.2) is 6.61 Å². The maximum atomic E-state index is 12.3. The molecule has 0 aliphatic carbocycles. The van der Waals surface area contributed by atoms with Gasteiger partial charge in [0.25, 0.3) is 5.91 Å². The van der Waals surface area contributed by atoms with Gasteiger partial charge >= 0.3 is 0 Å². The van der Waals surface area contributed by atoms with E-state index in [1.54, 1.807) is 17.0 Å². The first-order valence-corrected chi connectivity index (χ1v) is 8.67. The van der Waals surface area contributed by atoms with E-state index in [9.17, 15) is 14.4 Å². The lowest BCUT2D eigenvalue weighted by atomic mass is 10.0. The number of hydrogen-bond donors (Lipinski definition) is 2. The molecular formula is C18H23N3O4. The van der Waals surface area contributed by atoms with Crippen molar-refractivity contribution in [2.75, 3.05) is 19.7 Å². The minimum absolute atomic E-state index is 0.0111. The van der Waals surface area contributed by atoms with Crippen LogP contribution >= 0.6 is 0 Å². The summed E-state index contributed by atoms with van der Waals surface area (Å²) in [4.78, 5) is 37.3. The van der Waals surface area contributed by atoms with Crippen molar-refractivity contribution in [1.29, 1.82) is 0 Å². The van der Waals surface area contributed by atoms with Crippen molar-refractivity contribution in [3.8, 4) is 5.75 Å². The fourth-order valence-electron chi connectivity index (χ4n) is 3.20. The minimum Gasteiger partial charge on any atom is -0.484 e. The lowest BCUT2D eigenvalue weighted by Crippen LogP contribution is -2.51. The van der Waals surface area contributed by atoms with Crippen LogP contribution in [0.1, 0.15) is 25.7 Å². The summed E-state index contributed by atoms with van der Waals surface area (Å²) in [6, 6.07) is 8.88. The third-order valence-electron chi connectivity index (χ3n) is 4.58. The van der Waals surface area contributed by atoms with Crippen LogP contribution in [0, 0.1) is 0 Å². The first kappa shape index (κ1) is 17.3.